The van der Waals surface area contributed by atoms with E-state index in [1.165, 1.54) is 5.56 Å². The molecule has 0 spiro atoms. The number of fused-ring (bicyclic) bond motifs is 2. The normalized spacial score (nSPS) is 15.1. The average molecular weight is 271 g/mol. The van der Waals surface area contributed by atoms with Crippen molar-refractivity contribution in [3.05, 3.63) is 47.0 Å². The lowest BCUT2D eigenvalue weighted by atomic mass is 9.95. The highest BCUT2D eigenvalue weighted by molar-refractivity contribution is 7.15. The largest absolute Gasteiger partial charge is 0.347 e. The van der Waals surface area contributed by atoms with Crippen LogP contribution in [0.25, 0.3) is 4.96 Å². The van der Waals surface area contributed by atoms with Crippen LogP contribution in [-0.2, 0) is 13.0 Å². The molecule has 0 atom stereocenters. The van der Waals surface area contributed by atoms with E-state index in [1.54, 1.807) is 11.3 Å². The van der Waals surface area contributed by atoms with Crippen molar-refractivity contribution >= 4 is 22.1 Å². The van der Waals surface area contributed by atoms with Crippen molar-refractivity contribution < 1.29 is 4.79 Å². The highest BCUT2D eigenvalue weighted by Gasteiger charge is 2.19. The second kappa shape index (κ2) is 4.06. The van der Waals surface area contributed by atoms with Crippen molar-refractivity contribution in [1.29, 1.82) is 0 Å². The fourth-order valence-corrected chi connectivity index (χ4v) is 3.43. The van der Waals surface area contributed by atoms with Gasteiger partial charge in [-0.15, -0.1) is 11.3 Å². The molecule has 5 heteroatoms. The van der Waals surface area contributed by atoms with Gasteiger partial charge >= 0.3 is 0 Å². The number of hydrogen-bond acceptors (Lipinski definition) is 3. The van der Waals surface area contributed by atoms with Crippen LogP contribution in [0.4, 0.5) is 0 Å². The number of carbonyl (C=O) groups excluding carboxylic acids is 1. The molecule has 0 saturated carbocycles. The molecule has 19 heavy (non-hydrogen) atoms. The van der Waals surface area contributed by atoms with Gasteiger partial charge in [-0.25, -0.2) is 4.98 Å². The van der Waals surface area contributed by atoms with Crippen LogP contribution in [0.5, 0.6) is 0 Å². The van der Waals surface area contributed by atoms with Crippen LogP contribution in [0, 0.1) is 0 Å². The SMILES string of the molecule is O=C1CCCc2cn(Cc3cn4ccsc4n3)cc21. The standard InChI is InChI=1S/C14H13N3OS/c18-13-3-1-2-10-6-16(9-12(10)13)7-11-8-17-4-5-19-14(17)15-11/h4-6,8-9H,1-3,7H2. The first kappa shape index (κ1) is 11.0. The fraction of sp³-hybridized carbons (Fsp3) is 0.286. The van der Waals surface area contributed by atoms with Crippen molar-refractivity contribution in [1.82, 2.24) is 14.0 Å². The van der Waals surface area contributed by atoms with Gasteiger partial charge in [0.15, 0.2) is 10.7 Å². The zero-order chi connectivity index (χ0) is 12.8. The number of imidazole rings is 1. The van der Waals surface area contributed by atoms with E-state index >= 15 is 0 Å². The lowest BCUT2D eigenvalue weighted by molar-refractivity contribution is 0.0973. The Labute approximate surface area is 114 Å². The minimum atomic E-state index is 0.283. The maximum atomic E-state index is 11.8. The maximum absolute atomic E-state index is 11.8. The zero-order valence-electron chi connectivity index (χ0n) is 10.4. The van der Waals surface area contributed by atoms with Crippen molar-refractivity contribution in [3.8, 4) is 0 Å². The average Bonchev–Trinajstić information content (AvgIpc) is 3.03. The first-order valence-corrected chi connectivity index (χ1v) is 7.30. The van der Waals surface area contributed by atoms with Crippen LogP contribution in [-0.4, -0.2) is 19.7 Å². The number of nitrogens with zero attached hydrogens (tertiary/aromatic N) is 3. The van der Waals surface area contributed by atoms with Gasteiger partial charge in [-0.1, -0.05) is 0 Å². The van der Waals surface area contributed by atoms with Crippen molar-refractivity contribution in [3.63, 3.8) is 0 Å². The van der Waals surface area contributed by atoms with E-state index in [0.717, 1.165) is 35.6 Å². The molecule has 1 aliphatic carbocycles. The van der Waals surface area contributed by atoms with Gasteiger partial charge in [-0.05, 0) is 18.4 Å². The Hall–Kier alpha value is -1.88. The highest BCUT2D eigenvalue weighted by Crippen LogP contribution is 2.22. The Kier molecular flexibility index (Phi) is 2.35. The van der Waals surface area contributed by atoms with Gasteiger partial charge in [0.25, 0.3) is 0 Å². The Bertz CT molecular complexity index is 736. The summed E-state index contributed by atoms with van der Waals surface area (Å²) in [5, 5.41) is 2.03. The van der Waals surface area contributed by atoms with Crippen LogP contribution in [0.15, 0.2) is 30.2 Å². The third kappa shape index (κ3) is 1.81. The maximum Gasteiger partial charge on any atom is 0.193 e. The molecule has 0 aromatic carbocycles. The predicted octanol–water partition coefficient (Wildman–Crippen LogP) is 2.76. The molecule has 0 fully saturated rings. The number of thiazole rings is 1. The summed E-state index contributed by atoms with van der Waals surface area (Å²) in [5.41, 5.74) is 3.14. The minimum Gasteiger partial charge on any atom is -0.347 e. The van der Waals surface area contributed by atoms with E-state index in [9.17, 15) is 4.79 Å². The van der Waals surface area contributed by atoms with Crippen molar-refractivity contribution in [2.75, 3.05) is 0 Å². The third-order valence-corrected chi connectivity index (χ3v) is 4.37. The number of Topliss-reactive ketones (excluding diaryl/α,β-unsaturated/α-hetero) is 1. The second-order valence-electron chi connectivity index (χ2n) is 4.97. The molecule has 0 amide bonds. The molecule has 0 unspecified atom stereocenters. The highest BCUT2D eigenvalue weighted by atomic mass is 32.1. The molecular weight excluding hydrogens is 258 g/mol. The first-order chi connectivity index (χ1) is 9.29. The van der Waals surface area contributed by atoms with Gasteiger partial charge in [-0.3, -0.25) is 9.20 Å². The van der Waals surface area contributed by atoms with Gasteiger partial charge in [0.1, 0.15) is 0 Å². The van der Waals surface area contributed by atoms with E-state index in [2.05, 4.69) is 15.7 Å². The number of carbonyl (C=O) groups is 1. The molecule has 0 N–H and O–H groups in total. The monoisotopic (exact) mass is 271 g/mol. The van der Waals surface area contributed by atoms with E-state index in [-0.39, 0.29) is 5.78 Å². The molecular formula is C14H13N3OS. The van der Waals surface area contributed by atoms with E-state index in [4.69, 9.17) is 0 Å². The molecule has 0 radical (unpaired) electrons. The summed E-state index contributed by atoms with van der Waals surface area (Å²) in [6, 6.07) is 0. The first-order valence-electron chi connectivity index (χ1n) is 6.42. The summed E-state index contributed by atoms with van der Waals surface area (Å²) in [5.74, 6) is 0.283. The lowest BCUT2D eigenvalue weighted by Gasteiger charge is -2.07. The smallest absolute Gasteiger partial charge is 0.193 e. The Morgan fingerprint density at radius 1 is 1.26 bits per heavy atom. The molecule has 3 aromatic rings. The van der Waals surface area contributed by atoms with Crippen LogP contribution < -0.4 is 0 Å². The predicted molar refractivity (Wildman–Crippen MR) is 73.9 cm³/mol. The number of aryl methyl sites for hydroxylation is 1. The van der Waals surface area contributed by atoms with Crippen LogP contribution in [0.2, 0.25) is 0 Å². The molecule has 0 bridgehead atoms. The topological polar surface area (TPSA) is 39.3 Å². The molecule has 3 aromatic heterocycles. The summed E-state index contributed by atoms with van der Waals surface area (Å²) in [7, 11) is 0. The molecule has 4 rings (SSSR count). The molecule has 1 aliphatic rings. The van der Waals surface area contributed by atoms with Crippen molar-refractivity contribution in [2.45, 2.75) is 25.8 Å². The summed E-state index contributed by atoms with van der Waals surface area (Å²) in [6.07, 6.45) is 10.8. The number of aromatic nitrogens is 3. The molecule has 3 heterocycles. The summed E-state index contributed by atoms with van der Waals surface area (Å²) < 4.78 is 4.12. The fourth-order valence-electron chi connectivity index (χ4n) is 2.71. The van der Waals surface area contributed by atoms with E-state index in [1.807, 2.05) is 28.4 Å². The summed E-state index contributed by atoms with van der Waals surface area (Å²) >= 11 is 1.63. The van der Waals surface area contributed by atoms with Gasteiger partial charge in [-0.2, -0.15) is 0 Å². The van der Waals surface area contributed by atoms with Crippen LogP contribution in [0.1, 0.15) is 34.5 Å². The molecule has 0 aliphatic heterocycles. The molecule has 96 valence electrons. The molecule has 0 saturated heterocycles. The summed E-state index contributed by atoms with van der Waals surface area (Å²) in [6.45, 7) is 0.731. The third-order valence-electron chi connectivity index (χ3n) is 3.60. The summed E-state index contributed by atoms with van der Waals surface area (Å²) in [4.78, 5) is 17.4. The Morgan fingerprint density at radius 2 is 2.21 bits per heavy atom. The molecule has 4 nitrogen and oxygen atoms in total. The van der Waals surface area contributed by atoms with E-state index in [0.29, 0.717) is 6.42 Å². The van der Waals surface area contributed by atoms with Gasteiger partial charge < -0.3 is 4.57 Å². The van der Waals surface area contributed by atoms with Gasteiger partial charge in [0.2, 0.25) is 0 Å². The van der Waals surface area contributed by atoms with Gasteiger partial charge in [0, 0.05) is 42.2 Å². The number of rotatable bonds is 2. The van der Waals surface area contributed by atoms with Gasteiger partial charge in [0.05, 0.1) is 12.2 Å². The van der Waals surface area contributed by atoms with Crippen LogP contribution >= 0.6 is 11.3 Å². The van der Waals surface area contributed by atoms with Crippen molar-refractivity contribution in [2.24, 2.45) is 0 Å². The number of hydrogen-bond donors (Lipinski definition) is 0. The number of ketones is 1. The zero-order valence-corrected chi connectivity index (χ0v) is 11.2. The Morgan fingerprint density at radius 3 is 3.05 bits per heavy atom. The quantitative estimate of drug-likeness (QED) is 0.719. The second-order valence-corrected chi connectivity index (χ2v) is 5.84. The Balaban J connectivity index is 1.66. The van der Waals surface area contributed by atoms with Crippen LogP contribution in [0.3, 0.4) is 0 Å². The lowest BCUT2D eigenvalue weighted by Crippen LogP contribution is -2.07. The van der Waals surface area contributed by atoms with E-state index < -0.39 is 0 Å². The minimum absolute atomic E-state index is 0.283.